The number of rotatable bonds is 8. The minimum Gasteiger partial charge on any atom is -0.459 e. The number of hydrogen-bond donors (Lipinski definition) is 1. The SMILES string of the molecule is CN=CCC(CC1CC2OC12)OC(=O)C(O)(c1cccs1)c1cccs1. The second kappa shape index (κ2) is 7.23. The van der Waals surface area contributed by atoms with Crippen LogP contribution in [0.25, 0.3) is 0 Å². The van der Waals surface area contributed by atoms with Crippen LogP contribution in [0.3, 0.4) is 0 Å². The lowest BCUT2D eigenvalue weighted by Crippen LogP contribution is -2.40. The molecule has 0 aromatic carbocycles. The zero-order chi connectivity index (χ0) is 18.1. The van der Waals surface area contributed by atoms with Gasteiger partial charge < -0.3 is 19.6 Å². The summed E-state index contributed by atoms with van der Waals surface area (Å²) in [5, 5.41) is 15.0. The quantitative estimate of drug-likeness (QED) is 0.426. The molecule has 7 heteroatoms. The van der Waals surface area contributed by atoms with E-state index >= 15 is 0 Å². The number of thiophene rings is 2. The van der Waals surface area contributed by atoms with Crippen LogP contribution in [0.1, 0.15) is 29.0 Å². The van der Waals surface area contributed by atoms with Crippen LogP contribution >= 0.6 is 22.7 Å². The number of fused-ring (bicyclic) bond motifs is 1. The summed E-state index contributed by atoms with van der Waals surface area (Å²) in [6.07, 6.45) is 4.52. The van der Waals surface area contributed by atoms with E-state index in [1.807, 2.05) is 22.9 Å². The van der Waals surface area contributed by atoms with Gasteiger partial charge >= 0.3 is 5.97 Å². The van der Waals surface area contributed by atoms with Crippen molar-refractivity contribution in [2.24, 2.45) is 10.9 Å². The Balaban J connectivity index is 1.53. The van der Waals surface area contributed by atoms with Gasteiger partial charge in [-0.1, -0.05) is 12.1 Å². The van der Waals surface area contributed by atoms with E-state index in [9.17, 15) is 9.90 Å². The van der Waals surface area contributed by atoms with Crippen LogP contribution in [-0.2, 0) is 19.9 Å². The number of nitrogens with zero attached hydrogens (tertiary/aromatic N) is 1. The molecule has 0 spiro atoms. The molecule has 4 rings (SSSR count). The van der Waals surface area contributed by atoms with Gasteiger partial charge in [0.25, 0.3) is 0 Å². The lowest BCUT2D eigenvalue weighted by atomic mass is 9.81. The molecule has 4 unspecified atom stereocenters. The molecule has 138 valence electrons. The Morgan fingerprint density at radius 2 is 2.12 bits per heavy atom. The summed E-state index contributed by atoms with van der Waals surface area (Å²) in [4.78, 5) is 18.2. The van der Waals surface area contributed by atoms with E-state index in [-0.39, 0.29) is 6.10 Å². The van der Waals surface area contributed by atoms with Crippen LogP contribution in [0.15, 0.2) is 40.0 Å². The number of hydrogen-bond acceptors (Lipinski definition) is 7. The first-order chi connectivity index (χ1) is 12.6. The highest BCUT2D eigenvalue weighted by Gasteiger charge is 2.56. The molecule has 4 atom stereocenters. The maximum Gasteiger partial charge on any atom is 0.349 e. The zero-order valence-corrected chi connectivity index (χ0v) is 16.0. The van der Waals surface area contributed by atoms with Crippen molar-refractivity contribution >= 4 is 34.9 Å². The van der Waals surface area contributed by atoms with E-state index in [0.29, 0.717) is 34.3 Å². The van der Waals surface area contributed by atoms with E-state index < -0.39 is 11.6 Å². The van der Waals surface area contributed by atoms with Crippen LogP contribution < -0.4 is 0 Å². The molecule has 0 radical (unpaired) electrons. The highest BCUT2D eigenvalue weighted by atomic mass is 32.1. The summed E-state index contributed by atoms with van der Waals surface area (Å²) in [5.74, 6) is -0.191. The van der Waals surface area contributed by atoms with Gasteiger partial charge in [-0.05, 0) is 41.7 Å². The lowest BCUT2D eigenvalue weighted by Gasteiger charge is -2.29. The molecule has 2 fully saturated rings. The van der Waals surface area contributed by atoms with Crippen LogP contribution in [0.2, 0.25) is 0 Å². The lowest BCUT2D eigenvalue weighted by molar-refractivity contribution is -0.168. The molecule has 0 amide bonds. The first kappa shape index (κ1) is 17.9. The van der Waals surface area contributed by atoms with Gasteiger partial charge in [-0.3, -0.25) is 0 Å². The standard InChI is InChI=1S/C19H21NO4S2/c1-20-7-6-13(10-12-11-14-17(12)24-14)23-18(21)19(22,15-4-2-8-25-15)16-5-3-9-26-16/h2-5,7-9,12-14,17,22H,6,10-11H2,1H3. The number of esters is 1. The molecule has 1 aliphatic heterocycles. The minimum absolute atomic E-state index is 0.312. The first-order valence-corrected chi connectivity index (χ1v) is 10.5. The molecule has 5 nitrogen and oxygen atoms in total. The van der Waals surface area contributed by atoms with Gasteiger partial charge in [0.05, 0.1) is 22.0 Å². The Morgan fingerprint density at radius 1 is 1.42 bits per heavy atom. The van der Waals surface area contributed by atoms with Gasteiger partial charge in [0, 0.05) is 19.7 Å². The topological polar surface area (TPSA) is 71.4 Å². The molecule has 2 aliphatic rings. The van der Waals surface area contributed by atoms with Crippen molar-refractivity contribution < 1.29 is 19.4 Å². The van der Waals surface area contributed by atoms with Crippen molar-refractivity contribution in [1.82, 2.24) is 0 Å². The summed E-state index contributed by atoms with van der Waals surface area (Å²) in [7, 11) is 1.70. The highest BCUT2D eigenvalue weighted by molar-refractivity contribution is 7.12. The molecule has 1 N–H and O–H groups in total. The van der Waals surface area contributed by atoms with Gasteiger partial charge in [-0.25, -0.2) is 4.79 Å². The third-order valence-corrected chi connectivity index (χ3v) is 7.02. The molecular formula is C19H21NO4S2. The normalized spacial score (nSPS) is 25.5. The van der Waals surface area contributed by atoms with Crippen LogP contribution in [0, 0.1) is 5.92 Å². The molecule has 26 heavy (non-hydrogen) atoms. The number of epoxide rings is 1. The van der Waals surface area contributed by atoms with Gasteiger partial charge in [0.2, 0.25) is 5.60 Å². The van der Waals surface area contributed by atoms with Crippen molar-refractivity contribution in [3.63, 3.8) is 0 Å². The smallest absolute Gasteiger partial charge is 0.349 e. The fraction of sp³-hybridized carbons (Fsp3) is 0.474. The van der Waals surface area contributed by atoms with Crippen LogP contribution in [0.5, 0.6) is 0 Å². The molecule has 2 aromatic heterocycles. The number of aliphatic imine (C=N–C) groups is 1. The van der Waals surface area contributed by atoms with E-state index in [2.05, 4.69) is 4.99 Å². The zero-order valence-electron chi connectivity index (χ0n) is 14.4. The van der Waals surface area contributed by atoms with E-state index in [1.165, 1.54) is 22.7 Å². The Labute approximate surface area is 160 Å². The Hall–Kier alpha value is -1.54. The van der Waals surface area contributed by atoms with E-state index in [1.54, 1.807) is 25.4 Å². The maximum atomic E-state index is 13.1. The summed E-state index contributed by atoms with van der Waals surface area (Å²) in [6, 6.07) is 7.18. The van der Waals surface area contributed by atoms with Gasteiger partial charge in [-0.2, -0.15) is 0 Å². The number of carbonyl (C=O) groups excluding carboxylic acids is 1. The largest absolute Gasteiger partial charge is 0.459 e. The number of ether oxygens (including phenoxy) is 2. The second-order valence-electron chi connectivity index (χ2n) is 6.74. The predicted octanol–water partition coefficient (Wildman–Crippen LogP) is 3.23. The first-order valence-electron chi connectivity index (χ1n) is 8.70. The fourth-order valence-corrected chi connectivity index (χ4v) is 5.22. The van der Waals surface area contributed by atoms with Gasteiger partial charge in [0.1, 0.15) is 6.10 Å². The Kier molecular flexibility index (Phi) is 4.96. The van der Waals surface area contributed by atoms with E-state index in [4.69, 9.17) is 9.47 Å². The third kappa shape index (κ3) is 3.24. The Bertz CT molecular complexity index is 737. The van der Waals surface area contributed by atoms with Gasteiger partial charge in [-0.15, -0.1) is 22.7 Å². The monoisotopic (exact) mass is 391 g/mol. The summed E-state index contributed by atoms with van der Waals surface area (Å²) in [5.41, 5.74) is -1.76. The summed E-state index contributed by atoms with van der Waals surface area (Å²) < 4.78 is 11.3. The number of carbonyl (C=O) groups is 1. The van der Waals surface area contributed by atoms with Crippen LogP contribution in [-0.4, -0.2) is 42.7 Å². The fourth-order valence-electron chi connectivity index (χ4n) is 3.51. The number of aliphatic hydroxyl groups is 1. The average molecular weight is 392 g/mol. The molecule has 1 aliphatic carbocycles. The molecule has 1 saturated carbocycles. The van der Waals surface area contributed by atoms with Crippen molar-refractivity contribution in [3.8, 4) is 0 Å². The Morgan fingerprint density at radius 3 is 2.58 bits per heavy atom. The van der Waals surface area contributed by atoms with Crippen LogP contribution in [0.4, 0.5) is 0 Å². The average Bonchev–Trinajstić information content (AvgIpc) is 3.12. The summed E-state index contributed by atoms with van der Waals surface area (Å²) in [6.45, 7) is 0. The maximum absolute atomic E-state index is 13.1. The van der Waals surface area contributed by atoms with Crippen molar-refractivity contribution in [2.75, 3.05) is 7.05 Å². The van der Waals surface area contributed by atoms with Crippen molar-refractivity contribution in [2.45, 2.75) is 43.2 Å². The van der Waals surface area contributed by atoms with Crippen molar-refractivity contribution in [1.29, 1.82) is 0 Å². The van der Waals surface area contributed by atoms with Gasteiger partial charge in [0.15, 0.2) is 0 Å². The highest BCUT2D eigenvalue weighted by Crippen LogP contribution is 2.49. The second-order valence-corrected chi connectivity index (χ2v) is 8.63. The third-order valence-electron chi connectivity index (χ3n) is 5.06. The van der Waals surface area contributed by atoms with Crippen molar-refractivity contribution in [3.05, 3.63) is 44.8 Å². The molecular weight excluding hydrogens is 370 g/mol. The summed E-state index contributed by atoms with van der Waals surface area (Å²) >= 11 is 2.70. The molecule has 2 aromatic rings. The molecule has 3 heterocycles. The predicted molar refractivity (Wildman–Crippen MR) is 102 cm³/mol. The molecule has 1 saturated heterocycles. The minimum atomic E-state index is -1.76. The van der Waals surface area contributed by atoms with E-state index in [0.717, 1.165) is 12.8 Å². The molecule has 0 bridgehead atoms.